The molecule has 0 aliphatic carbocycles. The van der Waals surface area contributed by atoms with Crippen molar-refractivity contribution in [2.75, 3.05) is 13.2 Å². The first-order valence-corrected chi connectivity index (χ1v) is 2.86. The molecular formula is C6H11O3. The van der Waals surface area contributed by atoms with Crippen molar-refractivity contribution in [2.45, 2.75) is 13.8 Å². The van der Waals surface area contributed by atoms with Crippen LogP contribution in [0.3, 0.4) is 0 Å². The van der Waals surface area contributed by atoms with Gasteiger partial charge in [-0.3, -0.25) is 0 Å². The summed E-state index contributed by atoms with van der Waals surface area (Å²) in [6.45, 7) is 5.35. The van der Waals surface area contributed by atoms with Crippen molar-refractivity contribution in [1.82, 2.24) is 0 Å². The van der Waals surface area contributed by atoms with Gasteiger partial charge < -0.3 is 9.47 Å². The molecule has 0 amide bonds. The number of hydrogen-bond acceptors (Lipinski definition) is 3. The van der Waals surface area contributed by atoms with Crippen molar-refractivity contribution in [3.8, 4) is 0 Å². The lowest BCUT2D eigenvalue weighted by Crippen LogP contribution is -2.10. The van der Waals surface area contributed by atoms with E-state index in [1.807, 2.05) is 0 Å². The van der Waals surface area contributed by atoms with Gasteiger partial charge in [-0.1, -0.05) is 0 Å². The first kappa shape index (κ1) is 8.43. The van der Waals surface area contributed by atoms with Crippen LogP contribution in [-0.2, 0) is 14.3 Å². The fourth-order valence-corrected chi connectivity index (χ4v) is 0.354. The van der Waals surface area contributed by atoms with Crippen LogP contribution in [0, 0.1) is 6.61 Å². The molecule has 0 saturated carbocycles. The molecule has 0 bridgehead atoms. The van der Waals surface area contributed by atoms with E-state index in [0.717, 1.165) is 0 Å². The van der Waals surface area contributed by atoms with Crippen LogP contribution in [0.4, 0.5) is 0 Å². The van der Waals surface area contributed by atoms with Crippen LogP contribution in [0.15, 0.2) is 0 Å². The monoisotopic (exact) mass is 131 g/mol. The second kappa shape index (κ2) is 5.56. The van der Waals surface area contributed by atoms with Crippen LogP contribution in [0.25, 0.3) is 0 Å². The van der Waals surface area contributed by atoms with Gasteiger partial charge in [0.2, 0.25) is 0 Å². The van der Waals surface area contributed by atoms with Crippen LogP contribution in [-0.4, -0.2) is 19.2 Å². The van der Waals surface area contributed by atoms with E-state index < -0.39 is 0 Å². The lowest BCUT2D eigenvalue weighted by atomic mass is 10.7. The van der Waals surface area contributed by atoms with E-state index in [9.17, 15) is 4.79 Å². The molecule has 0 spiro atoms. The minimum absolute atomic E-state index is 0.0182. The maximum absolute atomic E-state index is 10.4. The Morgan fingerprint density at radius 1 is 1.67 bits per heavy atom. The number of carbonyl (C=O) groups excluding carboxylic acids is 1. The maximum Gasteiger partial charge on any atom is 0.332 e. The standard InChI is InChI=1S/C6H11O3/c1-3-8-5-6(7)9-4-2/h3H,4-5H2,1-2H3. The quantitative estimate of drug-likeness (QED) is 0.528. The summed E-state index contributed by atoms with van der Waals surface area (Å²) in [4.78, 5) is 10.4. The smallest absolute Gasteiger partial charge is 0.332 e. The lowest BCUT2D eigenvalue weighted by molar-refractivity contribution is -0.147. The van der Waals surface area contributed by atoms with Crippen molar-refractivity contribution in [3.63, 3.8) is 0 Å². The van der Waals surface area contributed by atoms with Crippen molar-refractivity contribution >= 4 is 5.97 Å². The van der Waals surface area contributed by atoms with Crippen LogP contribution >= 0.6 is 0 Å². The third-order valence-corrected chi connectivity index (χ3v) is 0.673. The van der Waals surface area contributed by atoms with Crippen LogP contribution < -0.4 is 0 Å². The Hall–Kier alpha value is -0.570. The van der Waals surface area contributed by atoms with Gasteiger partial charge in [-0.2, -0.15) is 0 Å². The summed E-state index contributed by atoms with van der Waals surface area (Å²) < 4.78 is 9.21. The number of carbonyl (C=O) groups is 1. The summed E-state index contributed by atoms with van der Waals surface area (Å²) in [6.07, 6.45) is 0. The number of ether oxygens (including phenoxy) is 2. The van der Waals surface area contributed by atoms with Gasteiger partial charge in [-0.15, -0.1) is 0 Å². The zero-order chi connectivity index (χ0) is 7.11. The van der Waals surface area contributed by atoms with Crippen LogP contribution in [0.1, 0.15) is 13.8 Å². The summed E-state index contributed by atoms with van der Waals surface area (Å²) >= 11 is 0. The second-order valence-corrected chi connectivity index (χ2v) is 1.35. The fraction of sp³-hybridized carbons (Fsp3) is 0.667. The van der Waals surface area contributed by atoms with Crippen LogP contribution in [0.5, 0.6) is 0 Å². The van der Waals surface area contributed by atoms with E-state index in [0.29, 0.717) is 6.61 Å². The molecule has 0 aromatic heterocycles. The maximum atomic E-state index is 10.4. The van der Waals surface area contributed by atoms with E-state index >= 15 is 0 Å². The third-order valence-electron chi connectivity index (χ3n) is 0.673. The minimum atomic E-state index is -0.324. The molecule has 9 heavy (non-hydrogen) atoms. The molecule has 0 saturated heterocycles. The van der Waals surface area contributed by atoms with Crippen LogP contribution in [0.2, 0.25) is 0 Å². The summed E-state index contributed by atoms with van der Waals surface area (Å²) in [6, 6.07) is 0. The average Bonchev–Trinajstić information content (AvgIpc) is 1.85. The highest BCUT2D eigenvalue weighted by molar-refractivity contribution is 5.70. The molecule has 3 heteroatoms. The lowest BCUT2D eigenvalue weighted by Gasteiger charge is -1.99. The van der Waals surface area contributed by atoms with Crippen molar-refractivity contribution in [3.05, 3.63) is 6.61 Å². The number of hydrogen-bond donors (Lipinski definition) is 0. The Labute approximate surface area is 55.0 Å². The highest BCUT2D eigenvalue weighted by Gasteiger charge is 1.97. The topological polar surface area (TPSA) is 35.5 Å². The van der Waals surface area contributed by atoms with E-state index in [1.54, 1.807) is 13.8 Å². The molecule has 0 fully saturated rings. The summed E-state index contributed by atoms with van der Waals surface area (Å²) in [7, 11) is 0. The second-order valence-electron chi connectivity index (χ2n) is 1.35. The molecule has 0 N–H and O–H groups in total. The Morgan fingerprint density at radius 2 is 2.33 bits per heavy atom. The van der Waals surface area contributed by atoms with Gasteiger partial charge in [-0.25, -0.2) is 4.79 Å². The Balaban J connectivity index is 3.06. The molecule has 0 aliphatic rings. The molecule has 0 rings (SSSR count). The number of rotatable bonds is 4. The molecule has 1 radical (unpaired) electrons. The third kappa shape index (κ3) is 5.30. The highest BCUT2D eigenvalue weighted by Crippen LogP contribution is 1.82. The van der Waals surface area contributed by atoms with Crippen molar-refractivity contribution in [2.24, 2.45) is 0 Å². The molecule has 0 aliphatic heterocycles. The molecule has 3 nitrogen and oxygen atoms in total. The van der Waals surface area contributed by atoms with E-state index in [1.165, 1.54) is 6.61 Å². The normalized spacial score (nSPS) is 9.11. The first-order chi connectivity index (χ1) is 4.31. The molecule has 0 atom stereocenters. The van der Waals surface area contributed by atoms with Gasteiger partial charge in [0.25, 0.3) is 0 Å². The van der Waals surface area contributed by atoms with Gasteiger partial charge in [0.15, 0.2) is 0 Å². The zero-order valence-corrected chi connectivity index (χ0v) is 5.72. The van der Waals surface area contributed by atoms with E-state index in [4.69, 9.17) is 0 Å². The Bertz CT molecular complexity index is 80.4. The summed E-state index contributed by atoms with van der Waals surface area (Å²) in [5, 5.41) is 0. The molecule has 0 aromatic rings. The minimum Gasteiger partial charge on any atom is -0.464 e. The first-order valence-electron chi connectivity index (χ1n) is 2.86. The largest absolute Gasteiger partial charge is 0.464 e. The predicted molar refractivity (Wildman–Crippen MR) is 32.6 cm³/mol. The summed E-state index contributed by atoms with van der Waals surface area (Å²) in [5.41, 5.74) is 0. The van der Waals surface area contributed by atoms with Gasteiger partial charge >= 0.3 is 5.97 Å². The van der Waals surface area contributed by atoms with Crippen molar-refractivity contribution < 1.29 is 14.3 Å². The molecule has 0 unspecified atom stereocenters. The molecule has 0 aromatic carbocycles. The number of esters is 1. The van der Waals surface area contributed by atoms with Crippen molar-refractivity contribution in [1.29, 1.82) is 0 Å². The molecule has 0 heterocycles. The van der Waals surface area contributed by atoms with E-state index in [-0.39, 0.29) is 12.6 Å². The summed E-state index contributed by atoms with van der Waals surface area (Å²) in [5.74, 6) is -0.324. The Kier molecular flexibility index (Phi) is 5.21. The SMILES string of the molecule is C[CH]OCC(=O)OCC. The van der Waals surface area contributed by atoms with Gasteiger partial charge in [0.1, 0.15) is 6.61 Å². The van der Waals surface area contributed by atoms with Gasteiger partial charge in [0, 0.05) is 0 Å². The Morgan fingerprint density at radius 3 is 2.78 bits per heavy atom. The van der Waals surface area contributed by atoms with E-state index in [2.05, 4.69) is 9.47 Å². The zero-order valence-electron chi connectivity index (χ0n) is 5.72. The molecule has 53 valence electrons. The molecular weight excluding hydrogens is 120 g/mol. The highest BCUT2D eigenvalue weighted by atomic mass is 16.6. The van der Waals surface area contributed by atoms with Gasteiger partial charge in [-0.05, 0) is 13.8 Å². The fourth-order valence-electron chi connectivity index (χ4n) is 0.354. The predicted octanol–water partition coefficient (Wildman–Crippen LogP) is 0.748. The van der Waals surface area contributed by atoms with Gasteiger partial charge in [0.05, 0.1) is 13.2 Å². The average molecular weight is 131 g/mol.